The number of H-pyrrole nitrogens is 1. The molecule has 3 N–H and O–H groups in total. The van der Waals surface area contributed by atoms with Crippen LogP contribution in [0.4, 0.5) is 13.2 Å². The van der Waals surface area contributed by atoms with Crippen molar-refractivity contribution < 1.29 is 33.0 Å². The summed E-state index contributed by atoms with van der Waals surface area (Å²) in [7, 11) is 0. The minimum Gasteiger partial charge on any atom is -0.475 e. The molecular weight excluding hydrogens is 463 g/mol. The fraction of sp³-hybridized carbons (Fsp3) is 0.160. The molecule has 4 aromatic rings. The van der Waals surface area contributed by atoms with Gasteiger partial charge in [0.05, 0.1) is 11.0 Å². The first kappa shape index (κ1) is 24.0. The van der Waals surface area contributed by atoms with Crippen LogP contribution in [-0.2, 0) is 17.1 Å². The van der Waals surface area contributed by atoms with Crippen molar-refractivity contribution in [3.63, 3.8) is 0 Å². The summed E-state index contributed by atoms with van der Waals surface area (Å²) in [6.07, 6.45) is -5.08. The van der Waals surface area contributed by atoms with E-state index in [0.29, 0.717) is 23.2 Å². The molecule has 1 aromatic heterocycles. The molecule has 7 nitrogen and oxygen atoms in total. The van der Waals surface area contributed by atoms with Crippen LogP contribution in [0.3, 0.4) is 0 Å². The Labute approximate surface area is 197 Å². The van der Waals surface area contributed by atoms with Crippen molar-refractivity contribution in [2.24, 2.45) is 0 Å². The minimum atomic E-state index is -5.08. The van der Waals surface area contributed by atoms with E-state index in [-0.39, 0.29) is 5.91 Å². The fourth-order valence-electron chi connectivity index (χ4n) is 4.03. The van der Waals surface area contributed by atoms with Gasteiger partial charge in [-0.1, -0.05) is 54.6 Å². The van der Waals surface area contributed by atoms with Crippen LogP contribution in [0.15, 0.2) is 72.8 Å². The summed E-state index contributed by atoms with van der Waals surface area (Å²) in [6.45, 7) is 2.20. The van der Waals surface area contributed by atoms with Crippen LogP contribution < -0.4 is 0 Å². The number of rotatable bonds is 3. The van der Waals surface area contributed by atoms with Crippen molar-refractivity contribution in [3.05, 3.63) is 101 Å². The van der Waals surface area contributed by atoms with E-state index >= 15 is 0 Å². The van der Waals surface area contributed by atoms with Crippen LogP contribution >= 0.6 is 0 Å². The van der Waals surface area contributed by atoms with E-state index in [4.69, 9.17) is 9.90 Å². The maximum atomic E-state index is 13.2. The Morgan fingerprint density at radius 1 is 1.06 bits per heavy atom. The maximum Gasteiger partial charge on any atom is 0.490 e. The summed E-state index contributed by atoms with van der Waals surface area (Å²) >= 11 is 0. The van der Waals surface area contributed by atoms with Crippen LogP contribution in [0.1, 0.15) is 32.9 Å². The molecule has 1 atom stereocenters. The summed E-state index contributed by atoms with van der Waals surface area (Å²) in [5.74, 6) is -2.13. The second-order valence-electron chi connectivity index (χ2n) is 7.95. The molecule has 0 radical (unpaired) electrons. The van der Waals surface area contributed by atoms with E-state index in [1.165, 1.54) is 4.90 Å². The average Bonchev–Trinajstić information content (AvgIpc) is 3.30. The number of carbonyl (C=O) groups excluding carboxylic acids is 1. The zero-order valence-electron chi connectivity index (χ0n) is 18.4. The number of aromatic amines is 1. The van der Waals surface area contributed by atoms with Gasteiger partial charge >= 0.3 is 12.1 Å². The van der Waals surface area contributed by atoms with Gasteiger partial charge in [-0.25, -0.2) is 9.78 Å². The number of fused-ring (bicyclic) bond motifs is 2. The van der Waals surface area contributed by atoms with Gasteiger partial charge in [-0.15, -0.1) is 0 Å². The topological polar surface area (TPSA) is 107 Å². The number of imidazole rings is 1. The Balaban J connectivity index is 0.000000364. The average molecular weight is 483 g/mol. The summed E-state index contributed by atoms with van der Waals surface area (Å²) in [5, 5.41) is 19.1. The SMILES string of the molecule is Cc1nc2cc(C3(O)c4ccccc4C(=O)N3Cc3ccccc3)ccc2[nH]1.O=C(O)C(F)(F)F. The number of aliphatic carboxylic acids is 1. The Bertz CT molecular complexity index is 1400. The number of nitrogens with one attached hydrogen (secondary N) is 1. The maximum absolute atomic E-state index is 13.2. The molecule has 1 aliphatic rings. The molecule has 1 unspecified atom stereocenters. The molecule has 0 saturated carbocycles. The Kier molecular flexibility index (Phi) is 6.08. The number of hydrogen-bond donors (Lipinski definition) is 3. The van der Waals surface area contributed by atoms with Crippen molar-refractivity contribution in [1.29, 1.82) is 0 Å². The number of carboxylic acid groups (broad SMARTS) is 1. The van der Waals surface area contributed by atoms with Crippen molar-refractivity contribution in [2.75, 3.05) is 0 Å². The molecule has 1 aliphatic heterocycles. The summed E-state index contributed by atoms with van der Waals surface area (Å²) in [5.41, 5.74) is 2.82. The Hall–Kier alpha value is -4.18. The molecule has 0 fully saturated rings. The molecule has 2 heterocycles. The lowest BCUT2D eigenvalue weighted by Crippen LogP contribution is -2.44. The monoisotopic (exact) mass is 483 g/mol. The third-order valence-corrected chi connectivity index (χ3v) is 5.60. The normalized spacial score (nSPS) is 17.2. The quantitative estimate of drug-likeness (QED) is 0.402. The zero-order chi connectivity index (χ0) is 25.4. The Morgan fingerprint density at radius 2 is 1.69 bits per heavy atom. The zero-order valence-corrected chi connectivity index (χ0v) is 18.4. The van der Waals surface area contributed by atoms with E-state index in [0.717, 1.165) is 22.4 Å². The highest BCUT2D eigenvalue weighted by atomic mass is 19.4. The predicted molar refractivity (Wildman–Crippen MR) is 120 cm³/mol. The molecule has 35 heavy (non-hydrogen) atoms. The first-order valence-electron chi connectivity index (χ1n) is 10.5. The first-order valence-corrected chi connectivity index (χ1v) is 10.5. The van der Waals surface area contributed by atoms with Crippen molar-refractivity contribution in [2.45, 2.75) is 25.4 Å². The van der Waals surface area contributed by atoms with Crippen molar-refractivity contribution in [1.82, 2.24) is 14.9 Å². The highest BCUT2D eigenvalue weighted by Gasteiger charge is 2.49. The van der Waals surface area contributed by atoms with E-state index in [1.54, 1.807) is 6.07 Å². The van der Waals surface area contributed by atoms with E-state index in [9.17, 15) is 23.1 Å². The number of nitrogens with zero attached hydrogens (tertiary/aromatic N) is 2. The number of hydrogen-bond acceptors (Lipinski definition) is 4. The molecule has 3 aromatic carbocycles. The second-order valence-corrected chi connectivity index (χ2v) is 7.95. The number of halogens is 3. The molecule has 180 valence electrons. The number of alkyl halides is 3. The lowest BCUT2D eigenvalue weighted by molar-refractivity contribution is -0.192. The fourth-order valence-corrected chi connectivity index (χ4v) is 4.03. The van der Waals surface area contributed by atoms with Crippen LogP contribution in [0.5, 0.6) is 0 Å². The van der Waals surface area contributed by atoms with E-state index in [2.05, 4.69) is 9.97 Å². The van der Waals surface area contributed by atoms with Gasteiger partial charge in [0.15, 0.2) is 5.72 Å². The first-order chi connectivity index (χ1) is 16.5. The number of aliphatic hydroxyl groups is 1. The predicted octanol–water partition coefficient (Wildman–Crippen LogP) is 4.35. The number of benzene rings is 3. The van der Waals surface area contributed by atoms with Crippen LogP contribution in [0.2, 0.25) is 0 Å². The number of carboxylic acids is 1. The number of amides is 1. The molecule has 0 spiro atoms. The lowest BCUT2D eigenvalue weighted by atomic mass is 9.93. The number of carbonyl (C=O) groups is 2. The smallest absolute Gasteiger partial charge is 0.475 e. The van der Waals surface area contributed by atoms with E-state index < -0.39 is 17.9 Å². The van der Waals surface area contributed by atoms with Gasteiger partial charge < -0.3 is 15.2 Å². The Morgan fingerprint density at radius 3 is 2.34 bits per heavy atom. The largest absolute Gasteiger partial charge is 0.490 e. The number of aromatic nitrogens is 2. The summed E-state index contributed by atoms with van der Waals surface area (Å²) < 4.78 is 31.7. The van der Waals surface area contributed by atoms with Crippen LogP contribution in [0.25, 0.3) is 11.0 Å². The van der Waals surface area contributed by atoms with Gasteiger partial charge in [-0.3, -0.25) is 9.69 Å². The summed E-state index contributed by atoms with van der Waals surface area (Å²) in [4.78, 5) is 31.3. The second kappa shape index (κ2) is 8.88. The molecule has 1 amide bonds. The minimum absolute atomic E-state index is 0.180. The lowest BCUT2D eigenvalue weighted by Gasteiger charge is -2.35. The van der Waals surface area contributed by atoms with Gasteiger partial charge in [-0.2, -0.15) is 13.2 Å². The third-order valence-electron chi connectivity index (χ3n) is 5.60. The van der Waals surface area contributed by atoms with Crippen molar-refractivity contribution in [3.8, 4) is 0 Å². The third kappa shape index (κ3) is 4.47. The molecule has 0 bridgehead atoms. The molecular formula is C25H20F3N3O4. The standard InChI is InChI=1S/C23H19N3O2.C2HF3O2/c1-15-24-20-12-11-17(13-21(20)25-15)23(28)19-10-6-5-9-18(19)22(27)26(23)14-16-7-3-2-4-8-16;3-2(4,5)1(6)7/h2-13,28H,14H2,1H3,(H,24,25);(H,6,7). The molecule has 5 rings (SSSR count). The summed E-state index contributed by atoms with van der Waals surface area (Å²) in [6, 6.07) is 22.6. The molecule has 0 aliphatic carbocycles. The van der Waals surface area contributed by atoms with Crippen LogP contribution in [0, 0.1) is 6.92 Å². The van der Waals surface area contributed by atoms with Gasteiger partial charge in [0, 0.05) is 23.2 Å². The highest BCUT2D eigenvalue weighted by molar-refractivity contribution is 6.00. The van der Waals surface area contributed by atoms with Crippen molar-refractivity contribution >= 4 is 22.9 Å². The van der Waals surface area contributed by atoms with Gasteiger partial charge in [-0.05, 0) is 30.7 Å². The molecule has 10 heteroatoms. The van der Waals surface area contributed by atoms with E-state index in [1.807, 2.05) is 73.7 Å². The van der Waals surface area contributed by atoms with Gasteiger partial charge in [0.2, 0.25) is 0 Å². The van der Waals surface area contributed by atoms with Gasteiger partial charge in [0.25, 0.3) is 5.91 Å². The van der Waals surface area contributed by atoms with Crippen LogP contribution in [-0.4, -0.2) is 43.1 Å². The van der Waals surface area contributed by atoms with Gasteiger partial charge in [0.1, 0.15) is 5.82 Å². The number of aryl methyl sites for hydroxylation is 1. The molecule has 0 saturated heterocycles. The highest BCUT2D eigenvalue weighted by Crippen LogP contribution is 2.43.